The van der Waals surface area contributed by atoms with Gasteiger partial charge in [-0.3, -0.25) is 9.78 Å². The number of rotatable bonds is 6. The first-order valence-electron chi connectivity index (χ1n) is 10.8. The van der Waals surface area contributed by atoms with E-state index in [2.05, 4.69) is 41.2 Å². The van der Waals surface area contributed by atoms with Crippen molar-refractivity contribution in [3.8, 4) is 22.5 Å². The van der Waals surface area contributed by atoms with Crippen molar-refractivity contribution in [2.75, 3.05) is 6.54 Å². The third kappa shape index (κ3) is 5.05. The molecule has 0 radical (unpaired) electrons. The number of imidazole rings is 1. The lowest BCUT2D eigenvalue weighted by Gasteiger charge is -2.29. The van der Waals surface area contributed by atoms with Crippen molar-refractivity contribution in [2.24, 2.45) is 5.92 Å². The van der Waals surface area contributed by atoms with Gasteiger partial charge < -0.3 is 20.3 Å². The number of carbonyl (C=O) groups excluding carboxylic acids is 1. The van der Waals surface area contributed by atoms with Gasteiger partial charge in [-0.15, -0.1) is 0 Å². The van der Waals surface area contributed by atoms with Crippen molar-refractivity contribution >= 4 is 27.9 Å². The molecule has 172 valence electrons. The third-order valence-corrected chi connectivity index (χ3v) is 6.18. The number of nitrogens with one attached hydrogen (secondary N) is 2. The molecule has 2 atom stereocenters. The van der Waals surface area contributed by atoms with Crippen LogP contribution in [0.1, 0.15) is 38.6 Å². The number of aromatic nitrogens is 4. The number of likely N-dealkylation sites (tertiary alicyclic amines) is 1. The Morgan fingerprint density at radius 2 is 1.85 bits per heavy atom. The normalized spacial score (nSPS) is 16.7. The molecule has 0 saturated carbocycles. The molecule has 1 aromatic carbocycles. The Hall–Kier alpha value is -3.27. The van der Waals surface area contributed by atoms with Crippen molar-refractivity contribution < 1.29 is 14.7 Å². The summed E-state index contributed by atoms with van der Waals surface area (Å²) >= 11 is 3.29. The molecular formula is C23H25BrN6O3. The first kappa shape index (κ1) is 22.9. The Balaban J connectivity index is 1.52. The van der Waals surface area contributed by atoms with Gasteiger partial charge in [-0.05, 0) is 40.3 Å². The Labute approximate surface area is 199 Å². The van der Waals surface area contributed by atoms with Gasteiger partial charge in [-0.1, -0.05) is 38.1 Å². The molecule has 0 bridgehead atoms. The zero-order valence-electron chi connectivity index (χ0n) is 18.3. The molecule has 1 aliphatic rings. The van der Waals surface area contributed by atoms with E-state index >= 15 is 0 Å². The highest BCUT2D eigenvalue weighted by Gasteiger charge is 2.37. The van der Waals surface area contributed by atoms with Crippen molar-refractivity contribution in [3.05, 3.63) is 53.3 Å². The maximum absolute atomic E-state index is 13.1. The molecule has 0 unspecified atom stereocenters. The fraction of sp³-hybridized carbons (Fsp3) is 0.348. The smallest absolute Gasteiger partial charge is 0.405 e. The Bertz CT molecular complexity index is 1130. The summed E-state index contributed by atoms with van der Waals surface area (Å²) in [5, 5.41) is 11.5. The Kier molecular flexibility index (Phi) is 6.73. The lowest BCUT2D eigenvalue weighted by molar-refractivity contribution is -0.135. The number of benzene rings is 1. The molecule has 3 N–H and O–H groups in total. The number of aromatic amines is 1. The lowest BCUT2D eigenvalue weighted by Crippen LogP contribution is -2.50. The molecule has 1 fully saturated rings. The Morgan fingerprint density at radius 1 is 1.12 bits per heavy atom. The van der Waals surface area contributed by atoms with Gasteiger partial charge in [-0.25, -0.2) is 14.8 Å². The van der Waals surface area contributed by atoms with Gasteiger partial charge >= 0.3 is 6.09 Å². The SMILES string of the molecule is CC(C)[C@H](NC(=O)O)C(=O)N1CCC[C@H]1c1ncc(-c2ccc(-c3cnc(Br)cn3)cc2)[nH]1. The summed E-state index contributed by atoms with van der Waals surface area (Å²) in [5.74, 6) is 0.334. The first-order chi connectivity index (χ1) is 15.8. The standard InChI is InChI=1S/C23H25BrN6O3/c1-13(2)20(29-23(32)33)22(31)30-9-3-4-18(30)21-27-11-17(28-21)15-7-5-14(6-8-15)16-10-26-19(24)12-25-16/h5-8,10-13,18,20,29H,3-4,9H2,1-2H3,(H,27,28)(H,32,33)/t18-,20-/m0/s1. The van der Waals surface area contributed by atoms with Crippen LogP contribution < -0.4 is 5.32 Å². The van der Waals surface area contributed by atoms with Gasteiger partial charge in [0.2, 0.25) is 5.91 Å². The average Bonchev–Trinajstić information content (AvgIpc) is 3.47. The van der Waals surface area contributed by atoms with Crippen LogP contribution >= 0.6 is 15.9 Å². The molecule has 2 amide bonds. The van der Waals surface area contributed by atoms with Gasteiger partial charge in [0.15, 0.2) is 0 Å². The molecule has 4 rings (SSSR count). The van der Waals surface area contributed by atoms with Crippen LogP contribution in [-0.2, 0) is 4.79 Å². The van der Waals surface area contributed by atoms with Crippen LogP contribution in [0.4, 0.5) is 4.79 Å². The molecule has 1 aliphatic heterocycles. The van der Waals surface area contributed by atoms with E-state index in [9.17, 15) is 9.59 Å². The largest absolute Gasteiger partial charge is 0.465 e. The summed E-state index contributed by atoms with van der Waals surface area (Å²) in [6.07, 6.45) is 5.55. The summed E-state index contributed by atoms with van der Waals surface area (Å²) in [5.41, 5.74) is 3.55. The second-order valence-electron chi connectivity index (χ2n) is 8.34. The minimum Gasteiger partial charge on any atom is -0.465 e. The van der Waals surface area contributed by atoms with Crippen LogP contribution in [-0.4, -0.2) is 54.5 Å². The molecule has 2 aromatic heterocycles. The number of hydrogen-bond acceptors (Lipinski definition) is 5. The molecule has 3 heterocycles. The zero-order valence-corrected chi connectivity index (χ0v) is 19.9. The summed E-state index contributed by atoms with van der Waals surface area (Å²) < 4.78 is 0.686. The van der Waals surface area contributed by atoms with E-state index < -0.39 is 12.1 Å². The van der Waals surface area contributed by atoms with E-state index in [0.717, 1.165) is 35.4 Å². The van der Waals surface area contributed by atoms with Gasteiger partial charge in [0.1, 0.15) is 16.5 Å². The van der Waals surface area contributed by atoms with E-state index in [4.69, 9.17) is 5.11 Å². The summed E-state index contributed by atoms with van der Waals surface area (Å²) in [7, 11) is 0. The van der Waals surface area contributed by atoms with Crippen LogP contribution in [0.15, 0.2) is 47.5 Å². The van der Waals surface area contributed by atoms with Crippen LogP contribution in [0.3, 0.4) is 0 Å². The number of nitrogens with zero attached hydrogens (tertiary/aromatic N) is 4. The fourth-order valence-electron chi connectivity index (χ4n) is 4.07. The third-order valence-electron chi connectivity index (χ3n) is 5.77. The topological polar surface area (TPSA) is 124 Å². The predicted octanol–water partition coefficient (Wildman–Crippen LogP) is 4.25. The lowest BCUT2D eigenvalue weighted by atomic mass is 10.0. The highest BCUT2D eigenvalue weighted by Crippen LogP contribution is 2.33. The van der Waals surface area contributed by atoms with Gasteiger partial charge in [-0.2, -0.15) is 0 Å². The van der Waals surface area contributed by atoms with Crippen LogP contribution in [0, 0.1) is 5.92 Å². The molecule has 0 spiro atoms. The first-order valence-corrected chi connectivity index (χ1v) is 11.6. The van der Waals surface area contributed by atoms with E-state index in [1.807, 2.05) is 38.1 Å². The van der Waals surface area contributed by atoms with Gasteiger partial charge in [0.25, 0.3) is 0 Å². The quantitative estimate of drug-likeness (QED) is 0.453. The monoisotopic (exact) mass is 512 g/mol. The molecule has 0 aliphatic carbocycles. The van der Waals surface area contributed by atoms with Gasteiger partial charge in [0.05, 0.1) is 36.0 Å². The zero-order chi connectivity index (χ0) is 23.5. The van der Waals surface area contributed by atoms with Crippen molar-refractivity contribution in [1.29, 1.82) is 0 Å². The number of hydrogen-bond donors (Lipinski definition) is 3. The minimum atomic E-state index is -1.20. The predicted molar refractivity (Wildman–Crippen MR) is 126 cm³/mol. The number of halogens is 1. The molecule has 9 nitrogen and oxygen atoms in total. The van der Waals surface area contributed by atoms with E-state index in [1.54, 1.807) is 23.5 Å². The number of carbonyl (C=O) groups is 2. The second-order valence-corrected chi connectivity index (χ2v) is 9.16. The number of amides is 2. The van der Waals surface area contributed by atoms with Crippen molar-refractivity contribution in [3.63, 3.8) is 0 Å². The maximum Gasteiger partial charge on any atom is 0.405 e. The fourth-order valence-corrected chi connectivity index (χ4v) is 4.28. The van der Waals surface area contributed by atoms with Crippen LogP contribution in [0.2, 0.25) is 0 Å². The minimum absolute atomic E-state index is 0.157. The summed E-state index contributed by atoms with van der Waals surface area (Å²) in [4.78, 5) is 42.5. The highest BCUT2D eigenvalue weighted by molar-refractivity contribution is 9.10. The number of H-pyrrole nitrogens is 1. The van der Waals surface area contributed by atoms with E-state index in [1.165, 1.54) is 0 Å². The summed E-state index contributed by atoms with van der Waals surface area (Å²) in [6.45, 7) is 4.24. The highest BCUT2D eigenvalue weighted by atomic mass is 79.9. The molecular weight excluding hydrogens is 488 g/mol. The summed E-state index contributed by atoms with van der Waals surface area (Å²) in [6, 6.07) is 6.93. The van der Waals surface area contributed by atoms with Crippen LogP contribution in [0.25, 0.3) is 22.5 Å². The Morgan fingerprint density at radius 3 is 2.48 bits per heavy atom. The molecule has 1 saturated heterocycles. The van der Waals surface area contributed by atoms with E-state index in [0.29, 0.717) is 17.0 Å². The van der Waals surface area contributed by atoms with E-state index in [-0.39, 0.29) is 17.9 Å². The maximum atomic E-state index is 13.1. The van der Waals surface area contributed by atoms with Crippen LogP contribution in [0.5, 0.6) is 0 Å². The molecule has 33 heavy (non-hydrogen) atoms. The molecule has 10 heteroatoms. The molecule has 3 aromatic rings. The average molecular weight is 513 g/mol. The second kappa shape index (κ2) is 9.70. The van der Waals surface area contributed by atoms with Crippen molar-refractivity contribution in [1.82, 2.24) is 30.2 Å². The van der Waals surface area contributed by atoms with Crippen molar-refractivity contribution in [2.45, 2.75) is 38.8 Å². The number of carboxylic acid groups (broad SMARTS) is 1. The van der Waals surface area contributed by atoms with Gasteiger partial charge in [0, 0.05) is 12.1 Å².